The molecule has 142 heavy (non-hydrogen) atoms. The molecule has 0 bridgehead atoms. The molecule has 17 heteroatoms. The summed E-state index contributed by atoms with van der Waals surface area (Å²) < 4.78 is 6.46. The molecule has 4 heterocycles. The molecule has 0 spiro atoms. The first-order valence-electron chi connectivity index (χ1n) is 45.6. The molecule has 0 fully saturated rings. The molecular formula is C125H90N8O9. The van der Waals surface area contributed by atoms with E-state index >= 15 is 0 Å². The number of aryl methyl sites for hydroxylation is 5. The van der Waals surface area contributed by atoms with Gasteiger partial charge >= 0.3 is 0 Å². The summed E-state index contributed by atoms with van der Waals surface area (Å²) in [4.78, 5) is 73.5. The highest BCUT2D eigenvalue weighted by Crippen LogP contribution is 2.31. The fraction of sp³-hybridized carbons (Fsp3) is 0.0400. The van der Waals surface area contributed by atoms with E-state index < -0.39 is 0 Å². The molecule has 0 aliphatic carbocycles. The standard InChI is InChI=1S/C32H24N2O.2C31H22N2O3.C31H22N2O2/c1-23-10-6-7-13-27(23)19-21-31-33-29-15-9-8-14-28(29)32(35)34(31)30-20-18-26(22-24(30)2)17-16-25-11-4-3-5-12-25;1-21-19-23(12-11-22-7-3-2-4-8-22)13-17-28(21)33-30(18-15-24-14-16-25(34)20-29(24)35)32-27-10-6-5-9-26(27)31(33)36;1-21-19-23(12-11-22-7-3-2-4-8-22)13-16-28(21)33-30(18-14-24-20-25(34)15-17-29(24)35)32-27-10-6-5-9-26(27)31(33)36;1-22-21-25(12-11-23-7-3-2-4-8-23)15-19-29(22)33-30(20-16-24-13-17-26(34)18-14-24)32-28-10-6-5-9-27(28)31(33)35/h3-15,18-22H,1-2H3;2*2-10,13-20,34-35H,1H3;2-10,13-21,34H,1H3/b21-19+;18-15+;18-14+;20-16+. The fourth-order valence-electron chi connectivity index (χ4n) is 15.9. The molecule has 4 aromatic heterocycles. The number of fused-ring (bicyclic) bond motifs is 4. The minimum atomic E-state index is -0.202. The van der Waals surface area contributed by atoms with E-state index in [2.05, 4.69) is 66.4 Å². The van der Waals surface area contributed by atoms with E-state index in [1.165, 1.54) is 30.3 Å². The van der Waals surface area contributed by atoms with Crippen molar-refractivity contribution in [1.29, 1.82) is 0 Å². The van der Waals surface area contributed by atoms with Crippen LogP contribution in [0.5, 0.6) is 28.7 Å². The van der Waals surface area contributed by atoms with E-state index in [-0.39, 0.29) is 51.0 Å². The molecule has 0 aliphatic rings. The van der Waals surface area contributed by atoms with Crippen LogP contribution in [0.2, 0.25) is 0 Å². The normalized spacial score (nSPS) is 10.9. The minimum absolute atomic E-state index is 0.0104. The maximum absolute atomic E-state index is 13.6. The lowest BCUT2D eigenvalue weighted by Crippen LogP contribution is -2.23. The first-order valence-corrected chi connectivity index (χ1v) is 45.6. The third-order valence-corrected chi connectivity index (χ3v) is 23.2. The van der Waals surface area contributed by atoms with Gasteiger partial charge in [-0.25, -0.2) is 19.9 Å². The van der Waals surface area contributed by atoms with E-state index in [4.69, 9.17) is 19.9 Å². The first kappa shape index (κ1) is 94.1. The molecule has 0 unspecified atom stereocenters. The average Bonchev–Trinajstić information content (AvgIpc) is 0.778. The Morgan fingerprint density at radius 1 is 0.211 bits per heavy atom. The largest absolute Gasteiger partial charge is 0.508 e. The van der Waals surface area contributed by atoms with Crippen LogP contribution in [0.3, 0.4) is 0 Å². The minimum Gasteiger partial charge on any atom is -0.508 e. The lowest BCUT2D eigenvalue weighted by atomic mass is 10.1. The second kappa shape index (κ2) is 43.7. The van der Waals surface area contributed by atoms with E-state index in [1.807, 2.05) is 325 Å². The summed E-state index contributed by atoms with van der Waals surface area (Å²) in [6.45, 7) is 9.90. The van der Waals surface area contributed by atoms with Crippen molar-refractivity contribution in [2.75, 3.05) is 0 Å². The van der Waals surface area contributed by atoms with Crippen LogP contribution in [-0.2, 0) is 0 Å². The SMILES string of the molecule is Cc1cc(C#Cc2ccccc2)ccc1-n1c(/C=C/c2cc(O)ccc2O)nc2ccccc2c1=O.Cc1cc(C#Cc2ccccc2)ccc1-n1c(/C=C/c2ccc(O)cc2)nc2ccccc2c1=O.Cc1cc(C#Cc2ccccc2)ccc1-n1c(/C=C/c2ccc(O)cc2O)nc2ccccc2c1=O.Cc1ccccc1/C=C/c1nc2ccccc2c(=O)n1-c1ccc(C#Cc2ccccc2)cc1C. The van der Waals surface area contributed by atoms with Crippen molar-refractivity contribution in [1.82, 2.24) is 38.2 Å². The molecule has 684 valence electrons. The Bertz CT molecular complexity index is 8900. The van der Waals surface area contributed by atoms with E-state index in [0.29, 0.717) is 89.4 Å². The average molecular weight is 1850 g/mol. The van der Waals surface area contributed by atoms with Crippen LogP contribution < -0.4 is 22.2 Å². The van der Waals surface area contributed by atoms with Gasteiger partial charge < -0.3 is 25.5 Å². The molecule has 0 saturated carbocycles. The van der Waals surface area contributed by atoms with Crippen molar-refractivity contribution in [3.05, 3.63) is 535 Å². The molecule has 0 radical (unpaired) electrons. The van der Waals surface area contributed by atoms with Crippen LogP contribution in [0.1, 0.15) is 118 Å². The van der Waals surface area contributed by atoms with Gasteiger partial charge in [0, 0.05) is 61.7 Å². The number of hydrogen-bond donors (Lipinski definition) is 5. The van der Waals surface area contributed by atoms with Crippen LogP contribution in [0, 0.1) is 82.0 Å². The van der Waals surface area contributed by atoms with Crippen molar-refractivity contribution in [2.45, 2.75) is 34.6 Å². The Balaban J connectivity index is 0.000000130. The molecule has 0 saturated heterocycles. The Labute approximate surface area is 819 Å². The topological polar surface area (TPSA) is 241 Å². The number of hydrogen-bond acceptors (Lipinski definition) is 13. The highest BCUT2D eigenvalue weighted by molar-refractivity contribution is 5.85. The predicted molar refractivity (Wildman–Crippen MR) is 573 cm³/mol. The van der Waals surface area contributed by atoms with Gasteiger partial charge in [0.25, 0.3) is 22.2 Å². The van der Waals surface area contributed by atoms with Crippen molar-refractivity contribution < 1.29 is 25.5 Å². The summed E-state index contributed by atoms with van der Waals surface area (Å²) in [6.07, 6.45) is 14.3. The van der Waals surface area contributed by atoms with Gasteiger partial charge in [0.15, 0.2) is 0 Å². The second-order valence-electron chi connectivity index (χ2n) is 33.2. The van der Waals surface area contributed by atoms with E-state index in [9.17, 15) is 44.7 Å². The van der Waals surface area contributed by atoms with Crippen molar-refractivity contribution >= 4 is 92.2 Å². The molecule has 17 nitrogen and oxygen atoms in total. The van der Waals surface area contributed by atoms with Gasteiger partial charge in [-0.2, -0.15) is 0 Å². The van der Waals surface area contributed by atoms with E-state index in [1.54, 1.807) is 103 Å². The van der Waals surface area contributed by atoms with Crippen molar-refractivity contribution in [2.24, 2.45) is 0 Å². The Hall–Kier alpha value is -19.7. The zero-order chi connectivity index (χ0) is 98.5. The van der Waals surface area contributed by atoms with Gasteiger partial charge in [-0.3, -0.25) is 37.4 Å². The van der Waals surface area contributed by atoms with Gasteiger partial charge in [-0.05, 0) is 322 Å². The third-order valence-electron chi connectivity index (χ3n) is 23.2. The number of para-hydroxylation sites is 4. The number of nitrogens with zero attached hydrogens (tertiary/aromatic N) is 8. The van der Waals surface area contributed by atoms with Crippen LogP contribution in [-0.4, -0.2) is 63.7 Å². The van der Waals surface area contributed by atoms with Gasteiger partial charge in [0.2, 0.25) is 0 Å². The zero-order valence-corrected chi connectivity index (χ0v) is 77.9. The number of phenolic OH excluding ortho intramolecular Hbond substituents is 5. The zero-order valence-electron chi connectivity index (χ0n) is 77.9. The molecular weight excluding hydrogens is 1760 g/mol. The van der Waals surface area contributed by atoms with Crippen LogP contribution in [0.15, 0.2) is 395 Å². The molecule has 16 aromatic carbocycles. The molecule has 20 rings (SSSR count). The molecule has 20 aromatic rings. The lowest BCUT2D eigenvalue weighted by Gasteiger charge is -2.14. The Kier molecular flexibility index (Phi) is 29.0. The summed E-state index contributed by atoms with van der Waals surface area (Å²) in [5.74, 6) is 27.5. The smallest absolute Gasteiger partial charge is 0.266 e. The highest BCUT2D eigenvalue weighted by Gasteiger charge is 2.20. The van der Waals surface area contributed by atoms with Crippen LogP contribution in [0.25, 0.3) is 115 Å². The quantitative estimate of drug-likeness (QED) is 0.0565. The summed E-state index contributed by atoms with van der Waals surface area (Å²) >= 11 is 0. The number of benzene rings is 16. The van der Waals surface area contributed by atoms with E-state index in [0.717, 1.165) is 94.8 Å². The predicted octanol–water partition coefficient (Wildman–Crippen LogP) is 23.9. The molecule has 0 atom stereocenters. The van der Waals surface area contributed by atoms with Crippen molar-refractivity contribution in [3.8, 4) is 98.9 Å². The Morgan fingerprint density at radius 2 is 0.486 bits per heavy atom. The fourth-order valence-corrected chi connectivity index (χ4v) is 15.9. The third kappa shape index (κ3) is 22.6. The van der Waals surface area contributed by atoms with Gasteiger partial charge in [0.05, 0.1) is 66.4 Å². The van der Waals surface area contributed by atoms with Crippen LogP contribution in [0.4, 0.5) is 0 Å². The van der Waals surface area contributed by atoms with Crippen molar-refractivity contribution in [3.63, 3.8) is 0 Å². The number of rotatable bonds is 12. The maximum Gasteiger partial charge on any atom is 0.266 e. The maximum atomic E-state index is 13.6. The first-order chi connectivity index (χ1) is 69.2. The summed E-state index contributed by atoms with van der Waals surface area (Å²) in [7, 11) is 0. The van der Waals surface area contributed by atoms with Gasteiger partial charge in [0.1, 0.15) is 52.0 Å². The van der Waals surface area contributed by atoms with Gasteiger partial charge in [-0.15, -0.1) is 0 Å². The molecule has 0 amide bonds. The summed E-state index contributed by atoms with van der Waals surface area (Å²) in [5.41, 5.74) is 19.6. The lowest BCUT2D eigenvalue weighted by molar-refractivity contribution is 0.449. The molecule has 0 aliphatic heterocycles. The summed E-state index contributed by atoms with van der Waals surface area (Å²) in [5, 5.41) is 51.4. The highest BCUT2D eigenvalue weighted by atomic mass is 16.3. The Morgan fingerprint density at radius 3 is 0.817 bits per heavy atom. The number of phenols is 5. The van der Waals surface area contributed by atoms with Crippen LogP contribution >= 0.6 is 0 Å². The van der Waals surface area contributed by atoms with Gasteiger partial charge in [-0.1, -0.05) is 217 Å². The molecule has 5 N–H and O–H groups in total. The monoisotopic (exact) mass is 1850 g/mol. The second-order valence-corrected chi connectivity index (χ2v) is 33.2. The summed E-state index contributed by atoms with van der Waals surface area (Å²) in [6, 6.07) is 115. The number of aromatic hydroxyl groups is 5. The number of aromatic nitrogens is 8.